The fourth-order valence-corrected chi connectivity index (χ4v) is 4.32. The number of halogens is 1. The van der Waals surface area contributed by atoms with Gasteiger partial charge in [-0.15, -0.1) is 0 Å². The normalized spacial score (nSPS) is 13.1. The maximum Gasteiger partial charge on any atom is 0.318 e. The molecule has 1 saturated heterocycles. The Morgan fingerprint density at radius 3 is 2.58 bits per heavy atom. The number of phenols is 1. The number of fused-ring (bicyclic) bond motifs is 2. The second-order valence-corrected chi connectivity index (χ2v) is 8.05. The Labute approximate surface area is 205 Å². The molecule has 3 heterocycles. The highest BCUT2D eigenvalue weighted by Gasteiger charge is 2.25. The van der Waals surface area contributed by atoms with E-state index in [0.717, 1.165) is 0 Å². The summed E-state index contributed by atoms with van der Waals surface area (Å²) in [6, 6.07) is 9.90. The highest BCUT2D eigenvalue weighted by Crippen LogP contribution is 2.37. The van der Waals surface area contributed by atoms with Crippen molar-refractivity contribution in [2.24, 2.45) is 0 Å². The summed E-state index contributed by atoms with van der Waals surface area (Å²) in [5, 5.41) is 29.7. The van der Waals surface area contributed by atoms with E-state index in [-0.39, 0.29) is 23.0 Å². The van der Waals surface area contributed by atoms with E-state index in [1.54, 1.807) is 35.2 Å². The van der Waals surface area contributed by atoms with Gasteiger partial charge in [0.25, 0.3) is 0 Å². The summed E-state index contributed by atoms with van der Waals surface area (Å²) in [5.41, 5.74) is 0.826. The number of aromatic hydroxyl groups is 1. The van der Waals surface area contributed by atoms with Crippen LogP contribution in [-0.4, -0.2) is 58.2 Å². The van der Waals surface area contributed by atoms with Gasteiger partial charge in [-0.2, -0.15) is 20.5 Å². The van der Waals surface area contributed by atoms with Crippen molar-refractivity contribution in [2.45, 2.75) is 0 Å². The maximum atomic E-state index is 16.2. The molecule has 2 aromatic heterocycles. The van der Waals surface area contributed by atoms with Crippen LogP contribution in [0.4, 0.5) is 10.2 Å². The number of nitrogens with zero attached hydrogens (tertiary/aromatic N) is 7. The highest BCUT2D eigenvalue weighted by atomic mass is 19.1. The molecule has 0 unspecified atom stereocenters. The summed E-state index contributed by atoms with van der Waals surface area (Å²) >= 11 is 0. The minimum Gasteiger partial charge on any atom is -0.508 e. The van der Waals surface area contributed by atoms with Crippen molar-refractivity contribution >= 4 is 27.5 Å². The van der Waals surface area contributed by atoms with E-state index in [4.69, 9.17) is 15.3 Å². The number of pyridine rings is 1. The summed E-state index contributed by atoms with van der Waals surface area (Å²) in [6.45, 7) is 2.07. The highest BCUT2D eigenvalue weighted by molar-refractivity contribution is 6.01. The third kappa shape index (κ3) is 3.89. The monoisotopic (exact) mass is 479 g/mol. The molecule has 0 atom stereocenters. The molecule has 0 amide bonds. The van der Waals surface area contributed by atoms with Crippen LogP contribution in [0.15, 0.2) is 36.5 Å². The molecule has 0 aliphatic carbocycles. The molecule has 9 nitrogen and oxygen atoms in total. The van der Waals surface area contributed by atoms with Gasteiger partial charge >= 0.3 is 6.01 Å². The first kappa shape index (κ1) is 22.6. The third-order valence-electron chi connectivity index (χ3n) is 6.04. The minimum absolute atomic E-state index is 0.00188. The summed E-state index contributed by atoms with van der Waals surface area (Å²) in [5.74, 6) is 4.97. The van der Waals surface area contributed by atoms with E-state index in [0.29, 0.717) is 59.3 Å². The summed E-state index contributed by atoms with van der Waals surface area (Å²) in [4.78, 5) is 16.8. The molecule has 1 fully saturated rings. The summed E-state index contributed by atoms with van der Waals surface area (Å²) in [6.07, 6.45) is 3.65. The summed E-state index contributed by atoms with van der Waals surface area (Å²) < 4.78 is 21.5. The van der Waals surface area contributed by atoms with E-state index in [2.05, 4.69) is 33.0 Å². The van der Waals surface area contributed by atoms with Gasteiger partial charge in [-0.1, -0.05) is 12.0 Å². The van der Waals surface area contributed by atoms with Crippen molar-refractivity contribution in [3.63, 3.8) is 0 Å². The predicted molar refractivity (Wildman–Crippen MR) is 130 cm³/mol. The quantitative estimate of drug-likeness (QED) is 0.349. The molecule has 0 bridgehead atoms. The van der Waals surface area contributed by atoms with E-state index in [9.17, 15) is 5.11 Å². The number of methoxy groups -OCH3 is 1. The number of aromatic nitrogens is 3. The number of phenolic OH excluding ortho intramolecular Hbond substituents is 1. The van der Waals surface area contributed by atoms with Gasteiger partial charge in [0.15, 0.2) is 18.1 Å². The Morgan fingerprint density at radius 2 is 1.86 bits per heavy atom. The van der Waals surface area contributed by atoms with Crippen LogP contribution in [0.5, 0.6) is 11.8 Å². The van der Waals surface area contributed by atoms with Crippen molar-refractivity contribution in [3.05, 3.63) is 47.9 Å². The first-order chi connectivity index (χ1) is 17.5. The second kappa shape index (κ2) is 9.25. The fraction of sp³-hybridized carbons (Fsp3) is 0.192. The Bertz CT molecular complexity index is 1660. The molecule has 176 valence electrons. The van der Waals surface area contributed by atoms with Gasteiger partial charge in [-0.25, -0.2) is 4.39 Å². The molecular weight excluding hydrogens is 461 g/mol. The molecule has 10 heteroatoms. The fourth-order valence-electron chi connectivity index (χ4n) is 4.32. The largest absolute Gasteiger partial charge is 0.508 e. The molecule has 1 N–H and O–H groups in total. The molecule has 2 aromatic carbocycles. The number of ether oxygens (including phenoxy) is 1. The van der Waals surface area contributed by atoms with Crippen molar-refractivity contribution in [1.82, 2.24) is 19.9 Å². The predicted octanol–water partition coefficient (Wildman–Crippen LogP) is 3.18. The van der Waals surface area contributed by atoms with Gasteiger partial charge < -0.3 is 19.6 Å². The first-order valence-corrected chi connectivity index (χ1v) is 11.0. The van der Waals surface area contributed by atoms with Crippen LogP contribution in [0.3, 0.4) is 0 Å². The van der Waals surface area contributed by atoms with Gasteiger partial charge in [0.1, 0.15) is 22.8 Å². The van der Waals surface area contributed by atoms with Gasteiger partial charge in [0.2, 0.25) is 0 Å². The number of hydrogen-bond donors (Lipinski definition) is 1. The molecular formula is C26H18FN7O2. The second-order valence-electron chi connectivity index (χ2n) is 8.05. The standard InChI is InChI=1S/C26H18FN7O2/c1-36-26-31-23-20(25(32-26)34-11-9-33(15-29)10-12-34)14-30-24(22(23)27)21-16(3-2-8-28)4-5-17-13-18(35)6-7-19(17)21/h4-7,13-14,35H,9-12H2,1H3. The lowest BCUT2D eigenvalue weighted by molar-refractivity contribution is 0.358. The Morgan fingerprint density at radius 1 is 1.06 bits per heavy atom. The zero-order valence-corrected chi connectivity index (χ0v) is 19.2. The van der Waals surface area contributed by atoms with Gasteiger partial charge in [0, 0.05) is 49.4 Å². The number of nitriles is 2. The molecule has 36 heavy (non-hydrogen) atoms. The number of benzene rings is 2. The van der Waals surface area contributed by atoms with Crippen LogP contribution >= 0.6 is 0 Å². The zero-order valence-electron chi connectivity index (χ0n) is 19.2. The van der Waals surface area contributed by atoms with Crippen molar-refractivity contribution < 1.29 is 14.2 Å². The van der Waals surface area contributed by atoms with Crippen LogP contribution in [0, 0.1) is 40.4 Å². The van der Waals surface area contributed by atoms with E-state index in [1.807, 2.05) is 4.90 Å². The molecule has 0 saturated carbocycles. The lowest BCUT2D eigenvalue weighted by Crippen LogP contribution is -2.44. The van der Waals surface area contributed by atoms with Crippen molar-refractivity contribution in [3.8, 4) is 47.1 Å². The van der Waals surface area contributed by atoms with Crippen molar-refractivity contribution in [2.75, 3.05) is 38.2 Å². The van der Waals surface area contributed by atoms with Gasteiger partial charge in [0.05, 0.1) is 12.5 Å². The number of hydrogen-bond acceptors (Lipinski definition) is 9. The minimum atomic E-state index is -0.689. The Balaban J connectivity index is 1.75. The number of piperazine rings is 1. The average molecular weight is 479 g/mol. The van der Waals surface area contributed by atoms with E-state index < -0.39 is 5.82 Å². The van der Waals surface area contributed by atoms with Crippen LogP contribution in [0.25, 0.3) is 32.9 Å². The molecule has 0 spiro atoms. The maximum absolute atomic E-state index is 16.2. The van der Waals surface area contributed by atoms with Crippen molar-refractivity contribution in [1.29, 1.82) is 10.5 Å². The Hall–Kier alpha value is -5.14. The van der Waals surface area contributed by atoms with Crippen LogP contribution < -0.4 is 9.64 Å². The molecule has 1 aliphatic rings. The molecule has 4 aromatic rings. The smallest absolute Gasteiger partial charge is 0.318 e. The molecule has 1 aliphatic heterocycles. The van der Waals surface area contributed by atoms with Crippen LogP contribution in [0.1, 0.15) is 5.56 Å². The number of rotatable bonds is 3. The molecule has 5 rings (SSSR count). The topological polar surface area (TPSA) is 122 Å². The number of anilines is 1. The summed E-state index contributed by atoms with van der Waals surface area (Å²) in [7, 11) is 1.41. The Kier molecular flexibility index (Phi) is 5.82. The zero-order chi connectivity index (χ0) is 25.2. The lowest BCUT2D eigenvalue weighted by Gasteiger charge is -2.33. The lowest BCUT2D eigenvalue weighted by atomic mass is 9.95. The van der Waals surface area contributed by atoms with Gasteiger partial charge in [-0.3, -0.25) is 4.98 Å². The van der Waals surface area contributed by atoms with Gasteiger partial charge in [-0.05, 0) is 35.0 Å². The average Bonchev–Trinajstić information content (AvgIpc) is 2.91. The van der Waals surface area contributed by atoms with E-state index >= 15 is 4.39 Å². The van der Waals surface area contributed by atoms with Crippen LogP contribution in [-0.2, 0) is 0 Å². The molecule has 0 radical (unpaired) electrons. The first-order valence-electron chi connectivity index (χ1n) is 11.0. The third-order valence-corrected chi connectivity index (χ3v) is 6.04. The van der Waals surface area contributed by atoms with Crippen LogP contribution in [0.2, 0.25) is 0 Å². The SMILES string of the molecule is COc1nc(N2CCN(C#N)CC2)c2cnc(-c3c(C#CC#N)ccc4cc(O)ccc34)c(F)c2n1. The van der Waals surface area contributed by atoms with E-state index in [1.165, 1.54) is 19.4 Å².